The molecule has 1 amide bonds. The second-order valence-electron chi connectivity index (χ2n) is 7.78. The van der Waals surface area contributed by atoms with E-state index in [2.05, 4.69) is 28.4 Å². The lowest BCUT2D eigenvalue weighted by Crippen LogP contribution is -2.29. The smallest absolute Gasteiger partial charge is 0.253 e. The first-order valence-electron chi connectivity index (χ1n) is 9.95. The van der Waals surface area contributed by atoms with Crippen LogP contribution >= 0.6 is 0 Å². The van der Waals surface area contributed by atoms with Crippen molar-refractivity contribution in [3.8, 4) is 0 Å². The summed E-state index contributed by atoms with van der Waals surface area (Å²) in [6.07, 6.45) is 5.83. The average Bonchev–Trinajstić information content (AvgIpc) is 3.40. The van der Waals surface area contributed by atoms with Crippen molar-refractivity contribution >= 4 is 30.1 Å². The topological polar surface area (TPSA) is 79.8 Å². The first-order chi connectivity index (χ1) is 13.5. The van der Waals surface area contributed by atoms with Crippen LogP contribution in [0, 0.1) is 6.92 Å². The molecule has 0 bridgehead atoms. The quantitative estimate of drug-likeness (QED) is 0.640. The Balaban J connectivity index is 1.62. The van der Waals surface area contributed by atoms with Crippen LogP contribution in [-0.2, 0) is 13.0 Å². The maximum Gasteiger partial charge on any atom is 0.253 e. The average molecular weight is 376 g/mol. The number of hydrogen-bond acceptors (Lipinski definition) is 3. The lowest BCUT2D eigenvalue weighted by Gasteiger charge is -2.12. The summed E-state index contributed by atoms with van der Waals surface area (Å²) in [6, 6.07) is 6.43. The summed E-state index contributed by atoms with van der Waals surface area (Å²) < 4.78 is 2.03. The summed E-state index contributed by atoms with van der Waals surface area (Å²) in [5, 5.41) is 8.32. The number of H-pyrrole nitrogens is 1. The van der Waals surface area contributed by atoms with Crippen molar-refractivity contribution in [2.24, 2.45) is 0 Å². The number of hydrogen-bond donors (Lipinski definition) is 2. The number of carbonyl (C=O) groups excluding carboxylic acids is 1. The Labute approximate surface area is 164 Å². The summed E-state index contributed by atoms with van der Waals surface area (Å²) in [5.74, 6) is -0.175. The van der Waals surface area contributed by atoms with E-state index in [1.807, 2.05) is 31.6 Å². The zero-order valence-electron chi connectivity index (χ0n) is 16.6. The van der Waals surface area contributed by atoms with E-state index in [0.717, 1.165) is 53.3 Å². The van der Waals surface area contributed by atoms with E-state index >= 15 is 0 Å². The molecule has 28 heavy (non-hydrogen) atoms. The molecule has 7 heteroatoms. The molecule has 3 aromatic rings. The van der Waals surface area contributed by atoms with Crippen molar-refractivity contribution in [2.75, 3.05) is 0 Å². The predicted octanol–water partition coefficient (Wildman–Crippen LogP) is 1.51. The van der Waals surface area contributed by atoms with Crippen molar-refractivity contribution < 1.29 is 4.79 Å². The van der Waals surface area contributed by atoms with E-state index in [1.165, 1.54) is 0 Å². The highest BCUT2D eigenvalue weighted by atomic mass is 16.1. The third-order valence-electron chi connectivity index (χ3n) is 5.31. The zero-order valence-corrected chi connectivity index (χ0v) is 16.6. The Morgan fingerprint density at radius 3 is 2.86 bits per heavy atom. The van der Waals surface area contributed by atoms with Gasteiger partial charge >= 0.3 is 0 Å². The van der Waals surface area contributed by atoms with Gasteiger partial charge in [0.2, 0.25) is 0 Å². The molecule has 0 spiro atoms. The second kappa shape index (κ2) is 7.30. The fraction of sp³-hybridized carbons (Fsp3) is 0.381. The number of carbonyl (C=O) groups is 1. The fourth-order valence-electron chi connectivity index (χ4n) is 3.82. The number of pyridine rings is 1. The minimum Gasteiger partial charge on any atom is -0.348 e. The SMILES string of the molecule is Bc1cc(C(=O)NCc2c(CCC)cc(C)[nH]c2=O)c2cnn(C3CC3)c2c1. The standard InChI is InChI=1S/C21H25BN4O2/c1-3-4-13-7-12(2)25-21(28)17(13)10-23-20(27)16-8-14(22)9-19-18(16)11-24-26(19)15-5-6-15/h7-9,11,15H,3-6,10,22H2,1-2H3,(H,23,27)(H,25,28). The van der Waals surface area contributed by atoms with E-state index in [-0.39, 0.29) is 18.0 Å². The molecule has 1 aromatic carbocycles. The number of aromatic nitrogens is 3. The highest BCUT2D eigenvalue weighted by Crippen LogP contribution is 2.36. The summed E-state index contributed by atoms with van der Waals surface area (Å²) in [4.78, 5) is 28.2. The molecule has 144 valence electrons. The molecule has 2 aromatic heterocycles. The fourth-order valence-corrected chi connectivity index (χ4v) is 3.82. The molecule has 0 atom stereocenters. The van der Waals surface area contributed by atoms with Gasteiger partial charge in [-0.2, -0.15) is 5.10 Å². The monoisotopic (exact) mass is 376 g/mol. The van der Waals surface area contributed by atoms with Gasteiger partial charge in [0, 0.05) is 28.8 Å². The van der Waals surface area contributed by atoms with Crippen molar-refractivity contribution in [1.82, 2.24) is 20.1 Å². The van der Waals surface area contributed by atoms with Crippen molar-refractivity contribution in [3.05, 3.63) is 57.1 Å². The van der Waals surface area contributed by atoms with Crippen LogP contribution < -0.4 is 16.3 Å². The maximum absolute atomic E-state index is 13.0. The van der Waals surface area contributed by atoms with Crippen molar-refractivity contribution in [1.29, 1.82) is 0 Å². The van der Waals surface area contributed by atoms with Crippen LogP contribution in [0.5, 0.6) is 0 Å². The van der Waals surface area contributed by atoms with Crippen molar-refractivity contribution in [2.45, 2.75) is 52.1 Å². The molecule has 6 nitrogen and oxygen atoms in total. The molecular weight excluding hydrogens is 351 g/mol. The normalized spacial score (nSPS) is 13.8. The molecule has 1 fully saturated rings. The number of aryl methyl sites for hydroxylation is 2. The first kappa shape index (κ1) is 18.5. The number of fused-ring (bicyclic) bond motifs is 1. The van der Waals surface area contributed by atoms with Crippen LogP contribution in [0.4, 0.5) is 0 Å². The maximum atomic E-state index is 13.0. The van der Waals surface area contributed by atoms with Crippen LogP contribution in [0.2, 0.25) is 0 Å². The largest absolute Gasteiger partial charge is 0.348 e. The number of nitrogens with zero attached hydrogens (tertiary/aromatic N) is 2. The highest BCUT2D eigenvalue weighted by molar-refractivity contribution is 6.34. The number of amides is 1. The van der Waals surface area contributed by atoms with Gasteiger partial charge in [-0.15, -0.1) is 0 Å². The van der Waals surface area contributed by atoms with Gasteiger partial charge < -0.3 is 10.3 Å². The zero-order chi connectivity index (χ0) is 19.8. The van der Waals surface area contributed by atoms with Gasteiger partial charge in [-0.25, -0.2) is 0 Å². The van der Waals surface area contributed by atoms with Gasteiger partial charge in [0.05, 0.1) is 17.8 Å². The summed E-state index contributed by atoms with van der Waals surface area (Å²) in [5.41, 5.74) is 5.00. The van der Waals surface area contributed by atoms with Gasteiger partial charge in [0.15, 0.2) is 0 Å². The minimum absolute atomic E-state index is 0.125. The van der Waals surface area contributed by atoms with Crippen LogP contribution in [0.3, 0.4) is 0 Å². The van der Waals surface area contributed by atoms with E-state index in [4.69, 9.17) is 0 Å². The lowest BCUT2D eigenvalue weighted by molar-refractivity contribution is 0.0952. The summed E-state index contributed by atoms with van der Waals surface area (Å²) >= 11 is 0. The van der Waals surface area contributed by atoms with E-state index < -0.39 is 0 Å². The van der Waals surface area contributed by atoms with Gasteiger partial charge in [-0.05, 0) is 43.9 Å². The Bertz CT molecular complexity index is 1110. The molecule has 1 saturated carbocycles. The number of aromatic amines is 1. The second-order valence-corrected chi connectivity index (χ2v) is 7.78. The van der Waals surface area contributed by atoms with Crippen LogP contribution in [0.1, 0.15) is 59.4 Å². The Morgan fingerprint density at radius 1 is 1.36 bits per heavy atom. The molecular formula is C21H25BN4O2. The van der Waals surface area contributed by atoms with Gasteiger partial charge in [0.25, 0.3) is 11.5 Å². The van der Waals surface area contributed by atoms with E-state index in [9.17, 15) is 9.59 Å². The molecule has 1 aliphatic carbocycles. The molecule has 0 saturated heterocycles. The van der Waals surface area contributed by atoms with E-state index in [0.29, 0.717) is 17.2 Å². The first-order valence-corrected chi connectivity index (χ1v) is 9.95. The third kappa shape index (κ3) is 3.49. The molecule has 2 heterocycles. The Morgan fingerprint density at radius 2 is 2.14 bits per heavy atom. The number of rotatable bonds is 6. The molecule has 4 rings (SSSR count). The lowest BCUT2D eigenvalue weighted by atomic mass is 9.92. The highest BCUT2D eigenvalue weighted by Gasteiger charge is 2.27. The summed E-state index contributed by atoms with van der Waals surface area (Å²) in [6.45, 7) is 4.18. The van der Waals surface area contributed by atoms with E-state index in [1.54, 1.807) is 6.20 Å². The third-order valence-corrected chi connectivity index (χ3v) is 5.31. The minimum atomic E-state index is -0.175. The van der Waals surface area contributed by atoms with Gasteiger partial charge in [-0.1, -0.05) is 24.9 Å². The molecule has 0 unspecified atom stereocenters. The Kier molecular flexibility index (Phi) is 4.83. The molecule has 0 aliphatic heterocycles. The van der Waals surface area contributed by atoms with Crippen LogP contribution in [-0.4, -0.2) is 28.5 Å². The number of nitrogens with one attached hydrogen (secondary N) is 2. The van der Waals surface area contributed by atoms with Crippen LogP contribution in [0.25, 0.3) is 10.9 Å². The molecule has 2 N–H and O–H groups in total. The number of benzene rings is 1. The molecule has 1 aliphatic rings. The molecule has 0 radical (unpaired) electrons. The van der Waals surface area contributed by atoms with Gasteiger partial charge in [-0.3, -0.25) is 14.3 Å². The van der Waals surface area contributed by atoms with Crippen LogP contribution in [0.15, 0.2) is 29.2 Å². The van der Waals surface area contributed by atoms with Gasteiger partial charge in [0.1, 0.15) is 7.85 Å². The van der Waals surface area contributed by atoms with Crippen molar-refractivity contribution in [3.63, 3.8) is 0 Å². The predicted molar refractivity (Wildman–Crippen MR) is 113 cm³/mol. The summed E-state index contributed by atoms with van der Waals surface area (Å²) in [7, 11) is 1.99. The Hall–Kier alpha value is -2.83.